The maximum absolute atomic E-state index is 13.7. The number of amides is 2. The summed E-state index contributed by atoms with van der Waals surface area (Å²) in [7, 11) is 0. The number of likely N-dealkylation sites (tertiary alicyclic amines) is 1. The molecule has 2 amide bonds. The monoisotopic (exact) mass is 431 g/mol. The highest BCUT2D eigenvalue weighted by atomic mass is 19.1. The molecular weight excluding hydrogens is 405 g/mol. The molecular formula is C26H26FN3O2. The van der Waals surface area contributed by atoms with Gasteiger partial charge in [0.25, 0.3) is 5.91 Å². The highest BCUT2D eigenvalue weighted by Gasteiger charge is 2.34. The van der Waals surface area contributed by atoms with E-state index in [9.17, 15) is 14.0 Å². The van der Waals surface area contributed by atoms with Crippen molar-refractivity contribution in [3.05, 3.63) is 102 Å². The fraction of sp³-hybridized carbons (Fsp3) is 0.269. The van der Waals surface area contributed by atoms with Crippen molar-refractivity contribution in [2.24, 2.45) is 5.92 Å². The van der Waals surface area contributed by atoms with Gasteiger partial charge in [0.15, 0.2) is 0 Å². The zero-order valence-corrected chi connectivity index (χ0v) is 17.8. The molecule has 4 rings (SSSR count). The second kappa shape index (κ2) is 10.2. The van der Waals surface area contributed by atoms with Crippen LogP contribution in [0.5, 0.6) is 0 Å². The van der Waals surface area contributed by atoms with Crippen LogP contribution in [-0.4, -0.2) is 41.3 Å². The first kappa shape index (κ1) is 21.7. The number of nitrogens with zero attached hydrogens (tertiary/aromatic N) is 2. The number of nitrogens with one attached hydrogen (secondary N) is 1. The SMILES string of the molecule is O=C(NCCc1ccccn1)[C@H]1C[C@@H](c2ccccc2)CN(C(=O)c2cccc(F)c2)C1. The Balaban J connectivity index is 1.47. The summed E-state index contributed by atoms with van der Waals surface area (Å²) in [5.41, 5.74) is 2.31. The number of hydrogen-bond acceptors (Lipinski definition) is 3. The van der Waals surface area contributed by atoms with Crippen molar-refractivity contribution in [1.82, 2.24) is 15.2 Å². The van der Waals surface area contributed by atoms with Crippen molar-refractivity contribution in [3.8, 4) is 0 Å². The number of carbonyl (C=O) groups is 2. The Bertz CT molecular complexity index is 1060. The summed E-state index contributed by atoms with van der Waals surface area (Å²) in [5.74, 6) is -1.07. The molecule has 3 aromatic rings. The summed E-state index contributed by atoms with van der Waals surface area (Å²) in [6.45, 7) is 1.30. The average molecular weight is 432 g/mol. The minimum atomic E-state index is -0.448. The van der Waals surface area contributed by atoms with E-state index in [2.05, 4.69) is 10.3 Å². The Kier molecular flexibility index (Phi) is 6.90. The summed E-state index contributed by atoms with van der Waals surface area (Å²) in [6.07, 6.45) is 3.04. The Morgan fingerprint density at radius 3 is 2.56 bits per heavy atom. The molecule has 0 radical (unpaired) electrons. The summed E-state index contributed by atoms with van der Waals surface area (Å²) >= 11 is 0. The summed E-state index contributed by atoms with van der Waals surface area (Å²) in [6, 6.07) is 21.3. The molecule has 5 nitrogen and oxygen atoms in total. The van der Waals surface area contributed by atoms with Crippen molar-refractivity contribution in [2.45, 2.75) is 18.8 Å². The number of pyridine rings is 1. The van der Waals surface area contributed by atoms with Gasteiger partial charge >= 0.3 is 0 Å². The van der Waals surface area contributed by atoms with Gasteiger partial charge in [-0.1, -0.05) is 42.5 Å². The lowest BCUT2D eigenvalue weighted by Crippen LogP contribution is -2.48. The van der Waals surface area contributed by atoms with E-state index in [-0.39, 0.29) is 23.7 Å². The Labute approximate surface area is 187 Å². The lowest BCUT2D eigenvalue weighted by Gasteiger charge is -2.37. The van der Waals surface area contributed by atoms with Crippen LogP contribution < -0.4 is 5.32 Å². The third-order valence-electron chi connectivity index (χ3n) is 5.86. The highest BCUT2D eigenvalue weighted by molar-refractivity contribution is 5.94. The molecule has 0 aliphatic carbocycles. The lowest BCUT2D eigenvalue weighted by molar-refractivity contribution is -0.126. The minimum absolute atomic E-state index is 0.0361. The topological polar surface area (TPSA) is 62.3 Å². The van der Waals surface area contributed by atoms with Gasteiger partial charge in [0.1, 0.15) is 5.82 Å². The van der Waals surface area contributed by atoms with Crippen LogP contribution >= 0.6 is 0 Å². The second-order valence-corrected chi connectivity index (χ2v) is 8.12. The van der Waals surface area contributed by atoms with E-state index in [4.69, 9.17) is 0 Å². The van der Waals surface area contributed by atoms with Gasteiger partial charge in [-0.3, -0.25) is 14.6 Å². The Morgan fingerprint density at radius 1 is 1.00 bits per heavy atom. The quantitative estimate of drug-likeness (QED) is 0.645. The van der Waals surface area contributed by atoms with Crippen molar-refractivity contribution in [3.63, 3.8) is 0 Å². The maximum atomic E-state index is 13.7. The van der Waals surface area contributed by atoms with Gasteiger partial charge < -0.3 is 10.2 Å². The standard InChI is InChI=1S/C26H26FN3O2/c27-23-10-6-9-20(16-23)26(32)30-17-21(19-7-2-1-3-8-19)15-22(18-30)25(31)29-14-12-24-11-4-5-13-28-24/h1-11,13,16,21-22H,12,14-15,17-18H2,(H,29,31)/t21-,22+/m1/s1. The van der Waals surface area contributed by atoms with Crippen LogP contribution in [0.4, 0.5) is 4.39 Å². The van der Waals surface area contributed by atoms with E-state index >= 15 is 0 Å². The minimum Gasteiger partial charge on any atom is -0.355 e. The van der Waals surface area contributed by atoms with E-state index in [0.717, 1.165) is 11.3 Å². The molecule has 1 aromatic heterocycles. The highest BCUT2D eigenvalue weighted by Crippen LogP contribution is 2.31. The van der Waals surface area contributed by atoms with Gasteiger partial charge in [0, 0.05) is 49.4 Å². The largest absolute Gasteiger partial charge is 0.355 e. The van der Waals surface area contributed by atoms with Gasteiger partial charge in [-0.2, -0.15) is 0 Å². The van der Waals surface area contributed by atoms with E-state index in [1.165, 1.54) is 18.2 Å². The molecule has 164 valence electrons. The normalized spacial score (nSPS) is 18.2. The van der Waals surface area contributed by atoms with E-state index in [0.29, 0.717) is 38.0 Å². The molecule has 0 saturated carbocycles. The molecule has 1 saturated heterocycles. The van der Waals surface area contributed by atoms with Crippen LogP contribution in [0.3, 0.4) is 0 Å². The summed E-state index contributed by atoms with van der Waals surface area (Å²) in [4.78, 5) is 32.1. The number of piperidine rings is 1. The Hall–Kier alpha value is -3.54. The van der Waals surface area contributed by atoms with Gasteiger partial charge in [-0.25, -0.2) is 4.39 Å². The fourth-order valence-electron chi connectivity index (χ4n) is 4.23. The first-order chi connectivity index (χ1) is 15.6. The molecule has 2 aromatic carbocycles. The first-order valence-corrected chi connectivity index (χ1v) is 10.9. The van der Waals surface area contributed by atoms with Crippen molar-refractivity contribution < 1.29 is 14.0 Å². The molecule has 2 atom stereocenters. The number of rotatable bonds is 6. The number of carbonyl (C=O) groups excluding carboxylic acids is 2. The number of halogens is 1. The maximum Gasteiger partial charge on any atom is 0.253 e. The van der Waals surface area contributed by atoms with Crippen LogP contribution in [0.25, 0.3) is 0 Å². The molecule has 1 aliphatic rings. The van der Waals surface area contributed by atoms with Gasteiger partial charge in [-0.15, -0.1) is 0 Å². The van der Waals surface area contributed by atoms with Crippen LogP contribution in [0, 0.1) is 11.7 Å². The molecule has 1 N–H and O–H groups in total. The predicted molar refractivity (Wildman–Crippen MR) is 121 cm³/mol. The zero-order chi connectivity index (χ0) is 22.3. The number of benzene rings is 2. The first-order valence-electron chi connectivity index (χ1n) is 10.9. The molecule has 2 heterocycles. The predicted octanol–water partition coefficient (Wildman–Crippen LogP) is 3.83. The summed E-state index contributed by atoms with van der Waals surface area (Å²) in [5, 5.41) is 3.00. The molecule has 6 heteroatoms. The summed E-state index contributed by atoms with van der Waals surface area (Å²) < 4.78 is 13.7. The lowest BCUT2D eigenvalue weighted by atomic mass is 9.83. The molecule has 0 unspecified atom stereocenters. The molecule has 1 aliphatic heterocycles. The third-order valence-corrected chi connectivity index (χ3v) is 5.86. The smallest absolute Gasteiger partial charge is 0.253 e. The van der Waals surface area contributed by atoms with Gasteiger partial charge in [-0.05, 0) is 42.3 Å². The average Bonchev–Trinajstić information content (AvgIpc) is 2.84. The number of aromatic nitrogens is 1. The zero-order valence-electron chi connectivity index (χ0n) is 17.8. The number of hydrogen-bond donors (Lipinski definition) is 1. The van der Waals surface area contributed by atoms with Crippen LogP contribution in [0.1, 0.15) is 34.0 Å². The molecule has 0 spiro atoms. The van der Waals surface area contributed by atoms with Crippen LogP contribution in [-0.2, 0) is 11.2 Å². The van der Waals surface area contributed by atoms with E-state index < -0.39 is 5.82 Å². The van der Waals surface area contributed by atoms with Crippen molar-refractivity contribution in [1.29, 1.82) is 0 Å². The van der Waals surface area contributed by atoms with Crippen LogP contribution in [0.2, 0.25) is 0 Å². The van der Waals surface area contributed by atoms with Crippen molar-refractivity contribution in [2.75, 3.05) is 19.6 Å². The second-order valence-electron chi connectivity index (χ2n) is 8.12. The third kappa shape index (κ3) is 5.38. The van der Waals surface area contributed by atoms with Crippen molar-refractivity contribution >= 4 is 11.8 Å². The molecule has 0 bridgehead atoms. The van der Waals surface area contributed by atoms with E-state index in [1.807, 2.05) is 48.5 Å². The molecule has 1 fully saturated rings. The Morgan fingerprint density at radius 2 is 1.81 bits per heavy atom. The van der Waals surface area contributed by atoms with Gasteiger partial charge in [0.2, 0.25) is 5.91 Å². The van der Waals surface area contributed by atoms with E-state index in [1.54, 1.807) is 17.2 Å². The van der Waals surface area contributed by atoms with Gasteiger partial charge in [0.05, 0.1) is 5.92 Å². The van der Waals surface area contributed by atoms with Crippen LogP contribution in [0.15, 0.2) is 79.0 Å². The molecule has 32 heavy (non-hydrogen) atoms. The fourth-order valence-corrected chi connectivity index (χ4v) is 4.23.